The van der Waals surface area contributed by atoms with Crippen molar-refractivity contribution >= 4 is 5.97 Å². The highest BCUT2D eigenvalue weighted by Gasteiger charge is 2.18. The van der Waals surface area contributed by atoms with Crippen molar-refractivity contribution < 1.29 is 9.53 Å². The molecule has 2 rings (SSSR count). The summed E-state index contributed by atoms with van der Waals surface area (Å²) < 4.78 is 4.98. The summed E-state index contributed by atoms with van der Waals surface area (Å²) in [4.78, 5) is 11.8. The van der Waals surface area contributed by atoms with Crippen molar-refractivity contribution in [2.75, 3.05) is 6.61 Å². The first-order chi connectivity index (χ1) is 10.3. The highest BCUT2D eigenvalue weighted by atomic mass is 16.5. The van der Waals surface area contributed by atoms with Crippen LogP contribution in [0.4, 0.5) is 0 Å². The number of hydrogen-bond donors (Lipinski definition) is 1. The van der Waals surface area contributed by atoms with Crippen LogP contribution < -0.4 is 0 Å². The second kappa shape index (κ2) is 7.57. The quantitative estimate of drug-likeness (QED) is 0.626. The summed E-state index contributed by atoms with van der Waals surface area (Å²) in [6, 6.07) is 8.10. The predicted octanol–water partition coefficient (Wildman–Crippen LogP) is 3.38. The zero-order chi connectivity index (χ0) is 15.1. The van der Waals surface area contributed by atoms with Crippen LogP contribution in [0.5, 0.6) is 0 Å². The zero-order valence-electron chi connectivity index (χ0n) is 12.6. The van der Waals surface area contributed by atoms with E-state index in [4.69, 9.17) is 4.74 Å². The molecule has 0 spiro atoms. The Morgan fingerprint density at radius 2 is 1.90 bits per heavy atom. The summed E-state index contributed by atoms with van der Waals surface area (Å²) in [5.74, 6) is -0.451. The van der Waals surface area contributed by atoms with Gasteiger partial charge >= 0.3 is 5.97 Å². The number of aryl methyl sites for hydroxylation is 1. The molecule has 112 valence electrons. The van der Waals surface area contributed by atoms with Crippen LogP contribution >= 0.6 is 0 Å². The number of ether oxygens (including phenoxy) is 1. The Labute approximate surface area is 124 Å². The van der Waals surface area contributed by atoms with E-state index in [0.29, 0.717) is 12.3 Å². The zero-order valence-corrected chi connectivity index (χ0v) is 12.6. The summed E-state index contributed by atoms with van der Waals surface area (Å²) in [7, 11) is 0. The molecule has 0 saturated heterocycles. The average molecular weight is 287 g/mol. The normalized spacial score (nSPS) is 10.6. The van der Waals surface area contributed by atoms with Crippen LogP contribution in [0.15, 0.2) is 24.3 Å². The van der Waals surface area contributed by atoms with Gasteiger partial charge in [0, 0.05) is 5.56 Å². The molecule has 0 unspecified atom stereocenters. The Kier molecular flexibility index (Phi) is 5.49. The van der Waals surface area contributed by atoms with E-state index in [1.165, 1.54) is 24.8 Å². The van der Waals surface area contributed by atoms with Gasteiger partial charge in [0.15, 0.2) is 5.69 Å². The first kappa shape index (κ1) is 15.2. The highest BCUT2D eigenvalue weighted by molar-refractivity contribution is 5.93. The van der Waals surface area contributed by atoms with Gasteiger partial charge in [0.2, 0.25) is 0 Å². The number of esters is 1. The lowest BCUT2D eigenvalue weighted by molar-refractivity contribution is 0.0520. The third-order valence-corrected chi connectivity index (χ3v) is 3.31. The minimum atomic E-state index is -0.451. The number of carbonyl (C=O) groups is 1. The van der Waals surface area contributed by atoms with Crippen molar-refractivity contribution in [1.29, 1.82) is 0 Å². The molecule has 0 radical (unpaired) electrons. The van der Waals surface area contributed by atoms with E-state index in [0.717, 1.165) is 12.0 Å². The van der Waals surface area contributed by atoms with Crippen LogP contribution in [-0.2, 0) is 11.2 Å². The number of unbranched alkanes of at least 4 members (excludes halogenated alkanes) is 2. The molecule has 21 heavy (non-hydrogen) atoms. The number of rotatable bonds is 7. The molecule has 1 aromatic heterocycles. The first-order valence-corrected chi connectivity index (χ1v) is 7.43. The van der Waals surface area contributed by atoms with Crippen molar-refractivity contribution in [3.8, 4) is 11.3 Å². The topological polar surface area (TPSA) is 67.9 Å². The summed E-state index contributed by atoms with van der Waals surface area (Å²) in [6.07, 6.45) is 4.75. The maximum atomic E-state index is 11.8. The molecule has 0 fully saturated rings. The molecule has 0 amide bonds. The van der Waals surface area contributed by atoms with Crippen LogP contribution in [0.2, 0.25) is 0 Å². The third kappa shape index (κ3) is 3.90. The van der Waals surface area contributed by atoms with Crippen LogP contribution in [0.25, 0.3) is 11.3 Å². The lowest BCUT2D eigenvalue weighted by Crippen LogP contribution is -2.06. The van der Waals surface area contributed by atoms with E-state index in [9.17, 15) is 4.79 Å². The Bertz CT molecular complexity index is 575. The van der Waals surface area contributed by atoms with Gasteiger partial charge in [0.1, 0.15) is 5.69 Å². The van der Waals surface area contributed by atoms with Gasteiger partial charge in [-0.2, -0.15) is 10.3 Å². The smallest absolute Gasteiger partial charge is 0.361 e. The third-order valence-electron chi connectivity index (χ3n) is 3.31. The summed E-state index contributed by atoms with van der Waals surface area (Å²) in [5, 5.41) is 10.4. The van der Waals surface area contributed by atoms with E-state index in [-0.39, 0.29) is 5.69 Å². The van der Waals surface area contributed by atoms with Gasteiger partial charge < -0.3 is 4.74 Å². The fraction of sp³-hybridized carbons (Fsp3) is 0.438. The SMILES string of the molecule is CCCCCc1ccc(-c2n[nH]nc2C(=O)OCC)cc1. The minimum absolute atomic E-state index is 0.232. The van der Waals surface area contributed by atoms with Crippen molar-refractivity contribution in [2.24, 2.45) is 0 Å². The molecule has 0 aliphatic rings. The number of nitrogens with zero attached hydrogens (tertiary/aromatic N) is 2. The maximum Gasteiger partial charge on any atom is 0.361 e. The highest BCUT2D eigenvalue weighted by Crippen LogP contribution is 2.21. The lowest BCUT2D eigenvalue weighted by Gasteiger charge is -2.04. The number of benzene rings is 1. The van der Waals surface area contributed by atoms with Gasteiger partial charge in [0.05, 0.1) is 6.61 Å². The Hall–Kier alpha value is -2.17. The van der Waals surface area contributed by atoms with E-state index in [1.54, 1.807) is 6.92 Å². The molecule has 1 aromatic carbocycles. The molecule has 0 saturated carbocycles. The van der Waals surface area contributed by atoms with E-state index in [2.05, 4.69) is 34.5 Å². The molecular weight excluding hydrogens is 266 g/mol. The van der Waals surface area contributed by atoms with Crippen LogP contribution in [0.3, 0.4) is 0 Å². The van der Waals surface area contributed by atoms with Crippen molar-refractivity contribution in [1.82, 2.24) is 15.4 Å². The first-order valence-electron chi connectivity index (χ1n) is 7.43. The maximum absolute atomic E-state index is 11.8. The monoisotopic (exact) mass is 287 g/mol. The predicted molar refractivity (Wildman–Crippen MR) is 81.0 cm³/mol. The molecule has 5 heteroatoms. The van der Waals surface area contributed by atoms with E-state index < -0.39 is 5.97 Å². The molecule has 2 aromatic rings. The molecule has 0 atom stereocenters. The summed E-state index contributed by atoms with van der Waals surface area (Å²) in [6.45, 7) is 4.29. The molecule has 1 heterocycles. The van der Waals surface area contributed by atoms with Crippen LogP contribution in [0, 0.1) is 0 Å². The van der Waals surface area contributed by atoms with Gasteiger partial charge in [-0.05, 0) is 25.3 Å². The van der Waals surface area contributed by atoms with E-state index >= 15 is 0 Å². The largest absolute Gasteiger partial charge is 0.461 e. The van der Waals surface area contributed by atoms with Gasteiger partial charge in [-0.25, -0.2) is 4.79 Å². The van der Waals surface area contributed by atoms with Gasteiger partial charge in [0.25, 0.3) is 0 Å². The fourth-order valence-electron chi connectivity index (χ4n) is 2.18. The van der Waals surface area contributed by atoms with Gasteiger partial charge in [-0.3, -0.25) is 0 Å². The molecule has 0 aliphatic heterocycles. The Balaban J connectivity index is 2.12. The Morgan fingerprint density at radius 1 is 1.14 bits per heavy atom. The van der Waals surface area contributed by atoms with Gasteiger partial charge in [-0.15, -0.1) is 5.10 Å². The minimum Gasteiger partial charge on any atom is -0.461 e. The number of aromatic nitrogens is 3. The summed E-state index contributed by atoms with van der Waals surface area (Å²) >= 11 is 0. The second-order valence-corrected chi connectivity index (χ2v) is 4.90. The van der Waals surface area contributed by atoms with Crippen molar-refractivity contribution in [3.05, 3.63) is 35.5 Å². The van der Waals surface area contributed by atoms with Crippen LogP contribution in [-0.4, -0.2) is 28.0 Å². The van der Waals surface area contributed by atoms with Gasteiger partial charge in [-0.1, -0.05) is 44.0 Å². The number of H-pyrrole nitrogens is 1. The fourth-order valence-corrected chi connectivity index (χ4v) is 2.18. The molecule has 1 N–H and O–H groups in total. The molecule has 5 nitrogen and oxygen atoms in total. The molecular formula is C16H21N3O2. The van der Waals surface area contributed by atoms with Crippen molar-refractivity contribution in [3.63, 3.8) is 0 Å². The van der Waals surface area contributed by atoms with E-state index in [1.807, 2.05) is 12.1 Å². The average Bonchev–Trinajstić information content (AvgIpc) is 2.98. The van der Waals surface area contributed by atoms with Crippen molar-refractivity contribution in [2.45, 2.75) is 39.5 Å². The van der Waals surface area contributed by atoms with Crippen LogP contribution in [0.1, 0.15) is 49.2 Å². The Morgan fingerprint density at radius 3 is 2.57 bits per heavy atom. The standard InChI is InChI=1S/C16H21N3O2/c1-3-5-6-7-12-8-10-13(11-9-12)14-15(18-19-17-14)16(20)21-4-2/h8-11H,3-7H2,1-2H3,(H,17,18,19). The number of aromatic amines is 1. The second-order valence-electron chi connectivity index (χ2n) is 4.90. The summed E-state index contributed by atoms with van der Waals surface area (Å²) in [5.41, 5.74) is 2.93. The number of carbonyl (C=O) groups excluding carboxylic acids is 1. The number of nitrogens with one attached hydrogen (secondary N) is 1. The lowest BCUT2D eigenvalue weighted by atomic mass is 10.0. The number of hydrogen-bond acceptors (Lipinski definition) is 4. The molecule has 0 aliphatic carbocycles. The molecule has 0 bridgehead atoms.